The van der Waals surface area contributed by atoms with Gasteiger partial charge in [-0.05, 0) is 42.4 Å². The fraction of sp³-hybridized carbons (Fsp3) is 0.350. The van der Waals surface area contributed by atoms with E-state index >= 15 is 0 Å². The van der Waals surface area contributed by atoms with Crippen LogP contribution >= 0.6 is 0 Å². The third-order valence-electron chi connectivity index (χ3n) is 4.02. The molecule has 2 rings (SSSR count). The zero-order chi connectivity index (χ0) is 18.1. The molecule has 134 valence electrons. The number of halogens is 1. The predicted octanol–water partition coefficient (Wildman–Crippen LogP) is 3.14. The highest BCUT2D eigenvalue weighted by molar-refractivity contribution is 5.79. The first-order chi connectivity index (χ1) is 12.1. The maximum Gasteiger partial charge on any atom is 0.191 e. The third kappa shape index (κ3) is 6.55. The maximum absolute atomic E-state index is 13.2. The molecular formula is C20H27FN4. The Morgan fingerprint density at radius 2 is 1.60 bits per heavy atom. The summed E-state index contributed by atoms with van der Waals surface area (Å²) >= 11 is 0. The molecule has 2 aromatic carbocycles. The minimum absolute atomic E-state index is 0.226. The van der Waals surface area contributed by atoms with Crippen molar-refractivity contribution < 1.29 is 4.39 Å². The molecule has 0 saturated heterocycles. The van der Waals surface area contributed by atoms with E-state index in [1.165, 1.54) is 23.3 Å². The minimum atomic E-state index is -0.226. The van der Waals surface area contributed by atoms with Crippen molar-refractivity contribution in [1.29, 1.82) is 0 Å². The van der Waals surface area contributed by atoms with E-state index in [0.29, 0.717) is 19.0 Å². The Labute approximate surface area is 149 Å². The fourth-order valence-electron chi connectivity index (χ4n) is 2.50. The fourth-order valence-corrected chi connectivity index (χ4v) is 2.50. The molecule has 0 unspecified atom stereocenters. The van der Waals surface area contributed by atoms with E-state index < -0.39 is 0 Å². The molecule has 25 heavy (non-hydrogen) atoms. The SMILES string of the molecule is CCN(C)Cc1cccc(CNC(=NC)NCc2cccc(F)c2)c1. The Bertz CT molecular complexity index is 700. The van der Waals surface area contributed by atoms with Crippen molar-refractivity contribution in [2.45, 2.75) is 26.6 Å². The first-order valence-corrected chi connectivity index (χ1v) is 8.56. The second-order valence-corrected chi connectivity index (χ2v) is 6.06. The number of benzene rings is 2. The van der Waals surface area contributed by atoms with Crippen molar-refractivity contribution in [2.24, 2.45) is 4.99 Å². The Morgan fingerprint density at radius 3 is 2.20 bits per heavy atom. The summed E-state index contributed by atoms with van der Waals surface area (Å²) in [5.74, 6) is 0.469. The summed E-state index contributed by atoms with van der Waals surface area (Å²) < 4.78 is 13.2. The Morgan fingerprint density at radius 1 is 1.00 bits per heavy atom. The largest absolute Gasteiger partial charge is 0.352 e. The van der Waals surface area contributed by atoms with E-state index in [4.69, 9.17) is 0 Å². The normalized spacial score (nSPS) is 11.6. The second kappa shape index (κ2) is 9.79. The molecule has 0 aliphatic rings. The van der Waals surface area contributed by atoms with Gasteiger partial charge in [-0.2, -0.15) is 0 Å². The number of rotatable bonds is 7. The molecule has 0 aliphatic heterocycles. The lowest BCUT2D eigenvalue weighted by Gasteiger charge is -2.15. The Hall–Kier alpha value is -2.40. The van der Waals surface area contributed by atoms with Crippen LogP contribution in [0.15, 0.2) is 53.5 Å². The average molecular weight is 342 g/mol. The zero-order valence-corrected chi connectivity index (χ0v) is 15.2. The molecule has 0 amide bonds. The van der Waals surface area contributed by atoms with E-state index in [0.717, 1.165) is 18.7 Å². The maximum atomic E-state index is 13.2. The van der Waals surface area contributed by atoms with Crippen LogP contribution in [0.2, 0.25) is 0 Å². The van der Waals surface area contributed by atoms with Crippen LogP contribution < -0.4 is 10.6 Å². The van der Waals surface area contributed by atoms with Crippen LogP contribution in [0.3, 0.4) is 0 Å². The molecule has 0 fully saturated rings. The van der Waals surface area contributed by atoms with E-state index in [1.807, 2.05) is 6.07 Å². The second-order valence-electron chi connectivity index (χ2n) is 6.06. The van der Waals surface area contributed by atoms with Crippen LogP contribution in [-0.4, -0.2) is 31.5 Å². The van der Waals surface area contributed by atoms with Gasteiger partial charge in [0.2, 0.25) is 0 Å². The van der Waals surface area contributed by atoms with Crippen LogP contribution in [0.1, 0.15) is 23.6 Å². The minimum Gasteiger partial charge on any atom is -0.352 e. The number of hydrogen-bond donors (Lipinski definition) is 2. The molecule has 0 atom stereocenters. The summed E-state index contributed by atoms with van der Waals surface area (Å²) in [5, 5.41) is 6.50. The van der Waals surface area contributed by atoms with Gasteiger partial charge >= 0.3 is 0 Å². The van der Waals surface area contributed by atoms with Gasteiger partial charge in [0.1, 0.15) is 5.82 Å². The van der Waals surface area contributed by atoms with Gasteiger partial charge in [-0.3, -0.25) is 4.99 Å². The van der Waals surface area contributed by atoms with Crippen molar-refractivity contribution in [3.05, 3.63) is 71.0 Å². The zero-order valence-electron chi connectivity index (χ0n) is 15.2. The lowest BCUT2D eigenvalue weighted by molar-refractivity contribution is 0.345. The predicted molar refractivity (Wildman–Crippen MR) is 102 cm³/mol. The van der Waals surface area contributed by atoms with Crippen LogP contribution in [-0.2, 0) is 19.6 Å². The highest BCUT2D eigenvalue weighted by Gasteiger charge is 2.02. The first kappa shape index (κ1) is 18.9. The van der Waals surface area contributed by atoms with Gasteiger partial charge in [-0.15, -0.1) is 0 Å². The number of aliphatic imine (C=N–C) groups is 1. The first-order valence-electron chi connectivity index (χ1n) is 8.56. The summed E-state index contributed by atoms with van der Waals surface area (Å²) in [5.41, 5.74) is 3.38. The third-order valence-corrected chi connectivity index (χ3v) is 4.02. The highest BCUT2D eigenvalue weighted by Crippen LogP contribution is 2.08. The van der Waals surface area contributed by atoms with Gasteiger partial charge in [0, 0.05) is 26.7 Å². The molecule has 2 N–H and O–H groups in total. The smallest absolute Gasteiger partial charge is 0.191 e. The van der Waals surface area contributed by atoms with Crippen molar-refractivity contribution >= 4 is 5.96 Å². The van der Waals surface area contributed by atoms with Gasteiger partial charge in [-0.1, -0.05) is 43.3 Å². The number of nitrogens with zero attached hydrogens (tertiary/aromatic N) is 2. The molecule has 0 aromatic heterocycles. The highest BCUT2D eigenvalue weighted by atomic mass is 19.1. The van der Waals surface area contributed by atoms with Crippen LogP contribution in [0.4, 0.5) is 4.39 Å². The standard InChI is InChI=1S/C20H27FN4/c1-4-25(3)15-18-9-5-7-16(11-18)13-23-20(22-2)24-14-17-8-6-10-19(21)12-17/h5-12H,4,13-15H2,1-3H3,(H2,22,23,24). The van der Waals surface area contributed by atoms with Gasteiger partial charge in [0.15, 0.2) is 5.96 Å². The number of guanidine groups is 1. The molecule has 0 spiro atoms. The summed E-state index contributed by atoms with van der Waals surface area (Å²) in [6, 6.07) is 15.1. The molecule has 0 radical (unpaired) electrons. The quantitative estimate of drug-likeness (QED) is 0.600. The number of hydrogen-bond acceptors (Lipinski definition) is 2. The molecule has 5 heteroatoms. The van der Waals surface area contributed by atoms with Gasteiger partial charge in [0.05, 0.1) is 0 Å². The summed E-state index contributed by atoms with van der Waals surface area (Å²) in [6.07, 6.45) is 0. The lowest BCUT2D eigenvalue weighted by atomic mass is 10.1. The molecular weight excluding hydrogens is 315 g/mol. The Balaban J connectivity index is 1.87. The van der Waals surface area contributed by atoms with Crippen LogP contribution in [0.25, 0.3) is 0 Å². The van der Waals surface area contributed by atoms with E-state index in [2.05, 4.69) is 58.8 Å². The van der Waals surface area contributed by atoms with Crippen molar-refractivity contribution in [2.75, 3.05) is 20.6 Å². The molecule has 0 bridgehead atoms. The van der Waals surface area contributed by atoms with Crippen LogP contribution in [0, 0.1) is 5.82 Å². The van der Waals surface area contributed by atoms with Gasteiger partial charge in [-0.25, -0.2) is 4.39 Å². The summed E-state index contributed by atoms with van der Waals surface area (Å²) in [6.45, 7) is 5.33. The van der Waals surface area contributed by atoms with Crippen molar-refractivity contribution in [1.82, 2.24) is 15.5 Å². The monoisotopic (exact) mass is 342 g/mol. The van der Waals surface area contributed by atoms with Gasteiger partial charge in [0.25, 0.3) is 0 Å². The topological polar surface area (TPSA) is 39.7 Å². The van der Waals surface area contributed by atoms with Crippen LogP contribution in [0.5, 0.6) is 0 Å². The molecule has 0 heterocycles. The van der Waals surface area contributed by atoms with E-state index in [-0.39, 0.29) is 5.82 Å². The summed E-state index contributed by atoms with van der Waals surface area (Å²) in [7, 11) is 3.84. The molecule has 0 saturated carbocycles. The lowest BCUT2D eigenvalue weighted by Crippen LogP contribution is -2.36. The number of nitrogens with one attached hydrogen (secondary N) is 2. The molecule has 2 aromatic rings. The van der Waals surface area contributed by atoms with Crippen molar-refractivity contribution in [3.8, 4) is 0 Å². The summed E-state index contributed by atoms with van der Waals surface area (Å²) in [4.78, 5) is 6.49. The van der Waals surface area contributed by atoms with Gasteiger partial charge < -0.3 is 15.5 Å². The Kier molecular flexibility index (Phi) is 7.41. The van der Waals surface area contributed by atoms with Crippen molar-refractivity contribution in [3.63, 3.8) is 0 Å². The molecule has 4 nitrogen and oxygen atoms in total. The van der Waals surface area contributed by atoms with E-state index in [1.54, 1.807) is 13.1 Å². The average Bonchev–Trinajstić information content (AvgIpc) is 2.62. The molecule has 0 aliphatic carbocycles. The van der Waals surface area contributed by atoms with E-state index in [9.17, 15) is 4.39 Å².